The molecule has 0 radical (unpaired) electrons. The Morgan fingerprint density at radius 1 is 1.21 bits per heavy atom. The van der Waals surface area contributed by atoms with Crippen molar-refractivity contribution < 1.29 is 4.74 Å². The summed E-state index contributed by atoms with van der Waals surface area (Å²) in [7, 11) is 0. The van der Waals surface area contributed by atoms with E-state index in [0.29, 0.717) is 22.8 Å². The van der Waals surface area contributed by atoms with Crippen LogP contribution in [0, 0.1) is 0 Å². The molecule has 0 spiro atoms. The van der Waals surface area contributed by atoms with Crippen LogP contribution in [-0.2, 0) is 4.74 Å². The van der Waals surface area contributed by atoms with Crippen LogP contribution in [0.25, 0.3) is 11.0 Å². The van der Waals surface area contributed by atoms with E-state index in [2.05, 4.69) is 39.0 Å². The van der Waals surface area contributed by atoms with Crippen LogP contribution in [0.1, 0.15) is 49.2 Å². The summed E-state index contributed by atoms with van der Waals surface area (Å²) in [5, 5.41) is 5.03. The molecule has 2 fully saturated rings. The standard InChI is InChI=1S/C20H24N6O2/c1-13(25-11-15(12-25)14-2-6-21-7-3-14)18-23-19-17(20(27)24-18)10-22-26(19)16-4-8-28-9-5-16/h2-3,6-7,10,13,15-16H,4-5,8-9,11-12H2,1H3,(H,23,24,27)/t13-/m1/s1. The van der Waals surface area contributed by atoms with Crippen molar-refractivity contribution >= 4 is 11.0 Å². The second kappa shape index (κ2) is 7.10. The van der Waals surface area contributed by atoms with Crippen LogP contribution >= 0.6 is 0 Å². The van der Waals surface area contributed by atoms with Gasteiger partial charge in [-0.05, 0) is 37.5 Å². The van der Waals surface area contributed by atoms with Gasteiger partial charge in [0.2, 0.25) is 0 Å². The number of fused-ring (bicyclic) bond motifs is 1. The molecule has 8 nitrogen and oxygen atoms in total. The summed E-state index contributed by atoms with van der Waals surface area (Å²) in [5.74, 6) is 1.22. The van der Waals surface area contributed by atoms with Crippen molar-refractivity contribution in [1.82, 2.24) is 29.6 Å². The van der Waals surface area contributed by atoms with Gasteiger partial charge in [-0.1, -0.05) is 0 Å². The van der Waals surface area contributed by atoms with Crippen LogP contribution in [-0.4, -0.2) is 55.9 Å². The Bertz CT molecular complexity index is 1020. The number of nitrogens with zero attached hydrogens (tertiary/aromatic N) is 5. The molecule has 2 aliphatic rings. The largest absolute Gasteiger partial charge is 0.381 e. The van der Waals surface area contributed by atoms with E-state index in [1.807, 2.05) is 17.1 Å². The van der Waals surface area contributed by atoms with Gasteiger partial charge >= 0.3 is 0 Å². The van der Waals surface area contributed by atoms with Gasteiger partial charge in [-0.3, -0.25) is 14.7 Å². The lowest BCUT2D eigenvalue weighted by atomic mass is 9.91. The summed E-state index contributed by atoms with van der Waals surface area (Å²) < 4.78 is 7.37. The van der Waals surface area contributed by atoms with Crippen molar-refractivity contribution in [2.75, 3.05) is 26.3 Å². The summed E-state index contributed by atoms with van der Waals surface area (Å²) >= 11 is 0. The predicted molar refractivity (Wildman–Crippen MR) is 104 cm³/mol. The molecule has 0 aliphatic carbocycles. The number of likely N-dealkylation sites (tertiary alicyclic amines) is 1. The van der Waals surface area contributed by atoms with Gasteiger partial charge < -0.3 is 9.72 Å². The van der Waals surface area contributed by atoms with E-state index in [4.69, 9.17) is 9.72 Å². The number of aromatic amines is 1. The summed E-state index contributed by atoms with van der Waals surface area (Å²) in [6.45, 7) is 5.45. The lowest BCUT2D eigenvalue weighted by molar-refractivity contribution is 0.0672. The van der Waals surface area contributed by atoms with Gasteiger partial charge in [0.25, 0.3) is 5.56 Å². The van der Waals surface area contributed by atoms with Gasteiger partial charge in [-0.15, -0.1) is 0 Å². The SMILES string of the molecule is C[C@H](c1nc2c(cnn2C2CCOCC2)c(=O)[nH]1)N1CC(c2ccncc2)C1. The summed E-state index contributed by atoms with van der Waals surface area (Å²) in [6.07, 6.45) is 7.11. The zero-order valence-electron chi connectivity index (χ0n) is 15.9. The van der Waals surface area contributed by atoms with Crippen molar-refractivity contribution in [3.63, 3.8) is 0 Å². The average molecular weight is 380 g/mol. The lowest BCUT2D eigenvalue weighted by Crippen LogP contribution is -2.46. The van der Waals surface area contributed by atoms with E-state index in [-0.39, 0.29) is 17.6 Å². The zero-order valence-corrected chi connectivity index (χ0v) is 15.9. The van der Waals surface area contributed by atoms with Crippen LogP contribution in [0.3, 0.4) is 0 Å². The lowest BCUT2D eigenvalue weighted by Gasteiger charge is -2.42. The van der Waals surface area contributed by atoms with Crippen molar-refractivity contribution in [3.8, 4) is 0 Å². The van der Waals surface area contributed by atoms with E-state index in [0.717, 1.165) is 39.1 Å². The molecule has 0 bridgehead atoms. The van der Waals surface area contributed by atoms with Gasteiger partial charge in [0.05, 0.1) is 18.3 Å². The number of aromatic nitrogens is 5. The average Bonchev–Trinajstić information content (AvgIpc) is 3.13. The highest BCUT2D eigenvalue weighted by molar-refractivity contribution is 5.73. The van der Waals surface area contributed by atoms with Gasteiger partial charge in [-0.2, -0.15) is 5.10 Å². The second-order valence-corrected chi connectivity index (χ2v) is 7.73. The van der Waals surface area contributed by atoms with Crippen LogP contribution in [0.15, 0.2) is 35.5 Å². The first-order valence-electron chi connectivity index (χ1n) is 9.90. The summed E-state index contributed by atoms with van der Waals surface area (Å²) in [5.41, 5.74) is 1.88. The van der Waals surface area contributed by atoms with Gasteiger partial charge in [0.15, 0.2) is 5.65 Å². The molecule has 8 heteroatoms. The Kier molecular flexibility index (Phi) is 4.44. The Morgan fingerprint density at radius 3 is 2.71 bits per heavy atom. The molecular weight excluding hydrogens is 356 g/mol. The quantitative estimate of drug-likeness (QED) is 0.745. The van der Waals surface area contributed by atoms with Crippen LogP contribution in [0.5, 0.6) is 0 Å². The Hall–Kier alpha value is -2.58. The highest BCUT2D eigenvalue weighted by Gasteiger charge is 2.33. The molecule has 5 rings (SSSR count). The molecule has 5 heterocycles. The smallest absolute Gasteiger partial charge is 0.262 e. The van der Waals surface area contributed by atoms with Gasteiger partial charge in [-0.25, -0.2) is 9.67 Å². The molecule has 2 saturated heterocycles. The maximum atomic E-state index is 12.6. The van der Waals surface area contributed by atoms with E-state index >= 15 is 0 Å². The molecular formula is C20H24N6O2. The molecule has 0 aromatic carbocycles. The topological polar surface area (TPSA) is 88.9 Å². The molecule has 0 unspecified atom stereocenters. The number of pyridine rings is 1. The monoisotopic (exact) mass is 380 g/mol. The van der Waals surface area contributed by atoms with E-state index in [9.17, 15) is 4.79 Å². The molecule has 0 amide bonds. The fourth-order valence-electron chi connectivity index (χ4n) is 4.20. The molecule has 1 atom stereocenters. The number of nitrogens with one attached hydrogen (secondary N) is 1. The molecule has 0 saturated carbocycles. The van der Waals surface area contributed by atoms with Crippen molar-refractivity contribution in [1.29, 1.82) is 0 Å². The maximum Gasteiger partial charge on any atom is 0.262 e. The number of ether oxygens (including phenoxy) is 1. The number of rotatable bonds is 4. The highest BCUT2D eigenvalue weighted by atomic mass is 16.5. The molecule has 3 aromatic rings. The molecule has 28 heavy (non-hydrogen) atoms. The van der Waals surface area contributed by atoms with E-state index < -0.39 is 0 Å². The number of hydrogen-bond acceptors (Lipinski definition) is 6. The van der Waals surface area contributed by atoms with Crippen LogP contribution < -0.4 is 5.56 Å². The number of H-pyrrole nitrogens is 1. The third kappa shape index (κ3) is 3.02. The predicted octanol–water partition coefficient (Wildman–Crippen LogP) is 2.03. The van der Waals surface area contributed by atoms with Crippen LogP contribution in [0.4, 0.5) is 0 Å². The maximum absolute atomic E-state index is 12.6. The van der Waals surface area contributed by atoms with E-state index in [1.165, 1.54) is 5.56 Å². The first kappa shape index (κ1) is 17.5. The van der Waals surface area contributed by atoms with E-state index in [1.54, 1.807) is 6.20 Å². The fraction of sp³-hybridized carbons (Fsp3) is 0.500. The van der Waals surface area contributed by atoms with Crippen LogP contribution in [0.2, 0.25) is 0 Å². The second-order valence-electron chi connectivity index (χ2n) is 7.73. The normalized spacial score (nSPS) is 20.3. The first-order chi connectivity index (χ1) is 13.7. The molecule has 3 aromatic heterocycles. The molecule has 146 valence electrons. The minimum Gasteiger partial charge on any atom is -0.381 e. The first-order valence-corrected chi connectivity index (χ1v) is 9.90. The number of hydrogen-bond donors (Lipinski definition) is 1. The zero-order chi connectivity index (χ0) is 19.1. The fourth-order valence-corrected chi connectivity index (χ4v) is 4.20. The Labute approximate surface area is 162 Å². The minimum absolute atomic E-state index is 0.0493. The van der Waals surface area contributed by atoms with Crippen molar-refractivity contribution in [2.45, 2.75) is 37.8 Å². The minimum atomic E-state index is -0.114. The summed E-state index contributed by atoms with van der Waals surface area (Å²) in [4.78, 5) is 26.8. The molecule has 2 aliphatic heterocycles. The Morgan fingerprint density at radius 2 is 1.96 bits per heavy atom. The van der Waals surface area contributed by atoms with Crippen molar-refractivity contribution in [3.05, 3.63) is 52.5 Å². The van der Waals surface area contributed by atoms with Crippen molar-refractivity contribution in [2.24, 2.45) is 0 Å². The third-order valence-electron chi connectivity index (χ3n) is 6.05. The van der Waals surface area contributed by atoms with Gasteiger partial charge in [0.1, 0.15) is 11.2 Å². The summed E-state index contributed by atoms with van der Waals surface area (Å²) in [6, 6.07) is 4.44. The van der Waals surface area contributed by atoms with Gasteiger partial charge in [0, 0.05) is 44.6 Å². The Balaban J connectivity index is 1.39. The molecule has 1 N–H and O–H groups in total. The third-order valence-corrected chi connectivity index (χ3v) is 6.05. The highest BCUT2D eigenvalue weighted by Crippen LogP contribution is 2.33.